The van der Waals surface area contributed by atoms with Crippen molar-refractivity contribution in [1.29, 1.82) is 0 Å². The van der Waals surface area contributed by atoms with E-state index in [2.05, 4.69) is 20.2 Å². The summed E-state index contributed by atoms with van der Waals surface area (Å²) in [6.07, 6.45) is 6.25. The fourth-order valence-corrected chi connectivity index (χ4v) is 2.89. The van der Waals surface area contributed by atoms with Gasteiger partial charge in [0.2, 0.25) is 0 Å². The van der Waals surface area contributed by atoms with Crippen LogP contribution in [0.25, 0.3) is 0 Å². The highest BCUT2D eigenvalue weighted by atomic mass is 35.5. The number of aromatic nitrogens is 6. The van der Waals surface area contributed by atoms with Crippen LogP contribution in [0.4, 0.5) is 0 Å². The lowest BCUT2D eigenvalue weighted by molar-refractivity contribution is -0.000110. The Labute approximate surface area is 142 Å². The maximum atomic E-state index is 11.1. The maximum absolute atomic E-state index is 11.1. The largest absolute Gasteiger partial charge is 0.386 e. The van der Waals surface area contributed by atoms with E-state index in [1.807, 2.05) is 0 Å². The van der Waals surface area contributed by atoms with Gasteiger partial charge in [0.15, 0.2) is 0 Å². The molecule has 23 heavy (non-hydrogen) atoms. The summed E-state index contributed by atoms with van der Waals surface area (Å²) in [5.74, 6) is 0. The molecule has 2 aromatic heterocycles. The average Bonchev–Trinajstić information content (AvgIpc) is 3.16. The maximum Gasteiger partial charge on any atom is 0.137 e. The summed E-state index contributed by atoms with van der Waals surface area (Å²) in [5, 5.41) is 20.3. The Kier molecular flexibility index (Phi) is 4.61. The van der Waals surface area contributed by atoms with Gasteiger partial charge in [0, 0.05) is 16.5 Å². The first-order chi connectivity index (χ1) is 11.0. The summed E-state index contributed by atoms with van der Waals surface area (Å²) < 4.78 is 3.14. The number of nitrogens with zero attached hydrogens (tertiary/aromatic N) is 6. The lowest BCUT2D eigenvalue weighted by Crippen LogP contribution is -2.41. The third-order valence-electron chi connectivity index (χ3n) is 3.38. The summed E-state index contributed by atoms with van der Waals surface area (Å²) in [4.78, 5) is 7.80. The molecular formula is C14H14Cl2N6O. The van der Waals surface area contributed by atoms with Gasteiger partial charge in [0.05, 0.1) is 13.1 Å². The zero-order valence-electron chi connectivity index (χ0n) is 12.0. The van der Waals surface area contributed by atoms with Crippen molar-refractivity contribution < 1.29 is 5.11 Å². The molecule has 0 radical (unpaired) electrons. The van der Waals surface area contributed by atoms with Crippen LogP contribution in [-0.2, 0) is 19.5 Å². The quantitative estimate of drug-likeness (QED) is 0.731. The van der Waals surface area contributed by atoms with Crippen molar-refractivity contribution in [3.63, 3.8) is 0 Å². The molecule has 2 heterocycles. The van der Waals surface area contributed by atoms with E-state index in [1.165, 1.54) is 12.7 Å². The molecule has 9 heteroatoms. The Morgan fingerprint density at radius 3 is 2.09 bits per heavy atom. The van der Waals surface area contributed by atoms with E-state index < -0.39 is 5.60 Å². The van der Waals surface area contributed by atoms with Crippen LogP contribution in [0.15, 0.2) is 43.5 Å². The van der Waals surface area contributed by atoms with Gasteiger partial charge in [-0.05, 0) is 17.7 Å². The molecule has 0 atom stereocenters. The molecule has 0 aliphatic carbocycles. The van der Waals surface area contributed by atoms with Gasteiger partial charge in [-0.3, -0.25) is 0 Å². The van der Waals surface area contributed by atoms with Gasteiger partial charge in [-0.25, -0.2) is 19.3 Å². The SMILES string of the molecule is OC(Cc1ccc(Cl)cc1Cl)(Cn1cncn1)Cn1cncn1. The van der Waals surface area contributed by atoms with Crippen molar-refractivity contribution in [1.82, 2.24) is 29.5 Å². The van der Waals surface area contributed by atoms with Gasteiger partial charge in [-0.2, -0.15) is 10.2 Å². The fraction of sp³-hybridized carbons (Fsp3) is 0.286. The van der Waals surface area contributed by atoms with Crippen molar-refractivity contribution in [3.05, 3.63) is 59.1 Å². The third kappa shape index (κ3) is 4.07. The molecule has 3 rings (SSSR count). The first-order valence-corrected chi connectivity index (χ1v) is 7.61. The minimum absolute atomic E-state index is 0.242. The lowest BCUT2D eigenvalue weighted by atomic mass is 9.94. The predicted octanol–water partition coefficient (Wildman–Crippen LogP) is 1.85. The summed E-state index contributed by atoms with van der Waals surface area (Å²) in [6.45, 7) is 0.484. The minimum atomic E-state index is -1.17. The molecule has 0 aliphatic heterocycles. The van der Waals surface area contributed by atoms with E-state index in [0.29, 0.717) is 16.5 Å². The van der Waals surface area contributed by atoms with Gasteiger partial charge in [0.1, 0.15) is 30.9 Å². The molecule has 120 valence electrons. The standard InChI is InChI=1S/C14H14Cl2N6O/c15-12-2-1-11(13(16)3-12)4-14(23,5-21-9-17-7-19-21)6-22-10-18-8-20-22/h1-3,7-10,23H,4-6H2. The first kappa shape index (κ1) is 15.9. The number of benzene rings is 1. The Morgan fingerprint density at radius 2 is 1.61 bits per heavy atom. The molecule has 0 bridgehead atoms. The van der Waals surface area contributed by atoms with E-state index in [0.717, 1.165) is 5.56 Å². The summed E-state index contributed by atoms with van der Waals surface area (Å²) in [6, 6.07) is 5.20. The van der Waals surface area contributed by atoms with E-state index in [9.17, 15) is 5.11 Å². The van der Waals surface area contributed by atoms with Crippen LogP contribution in [-0.4, -0.2) is 40.2 Å². The van der Waals surface area contributed by atoms with Crippen molar-refractivity contribution in [3.8, 4) is 0 Å². The molecule has 3 aromatic rings. The van der Waals surface area contributed by atoms with Crippen LogP contribution in [0.1, 0.15) is 5.56 Å². The highest BCUT2D eigenvalue weighted by molar-refractivity contribution is 6.35. The van der Waals surface area contributed by atoms with Crippen molar-refractivity contribution in [2.45, 2.75) is 25.1 Å². The van der Waals surface area contributed by atoms with Crippen LogP contribution in [0, 0.1) is 0 Å². The lowest BCUT2D eigenvalue weighted by Gasteiger charge is -2.28. The molecule has 0 aliphatic rings. The number of rotatable bonds is 6. The van der Waals surface area contributed by atoms with Gasteiger partial charge in [-0.15, -0.1) is 0 Å². The van der Waals surface area contributed by atoms with Crippen LogP contribution >= 0.6 is 23.2 Å². The molecule has 0 amide bonds. The Morgan fingerprint density at radius 1 is 1.00 bits per heavy atom. The fourth-order valence-electron chi connectivity index (χ4n) is 2.41. The molecule has 7 nitrogen and oxygen atoms in total. The third-order valence-corrected chi connectivity index (χ3v) is 3.97. The van der Waals surface area contributed by atoms with E-state index >= 15 is 0 Å². The van der Waals surface area contributed by atoms with Crippen molar-refractivity contribution in [2.24, 2.45) is 0 Å². The van der Waals surface area contributed by atoms with Crippen LogP contribution < -0.4 is 0 Å². The van der Waals surface area contributed by atoms with E-state index in [-0.39, 0.29) is 13.1 Å². The Bertz CT molecular complexity index is 723. The van der Waals surface area contributed by atoms with E-state index in [1.54, 1.807) is 40.2 Å². The first-order valence-electron chi connectivity index (χ1n) is 6.85. The second kappa shape index (κ2) is 6.66. The second-order valence-electron chi connectivity index (χ2n) is 5.32. The normalized spacial score (nSPS) is 11.8. The topological polar surface area (TPSA) is 81.6 Å². The van der Waals surface area contributed by atoms with Gasteiger partial charge in [-0.1, -0.05) is 29.3 Å². The zero-order valence-corrected chi connectivity index (χ0v) is 13.6. The van der Waals surface area contributed by atoms with Crippen LogP contribution in [0.5, 0.6) is 0 Å². The van der Waals surface area contributed by atoms with Gasteiger partial charge < -0.3 is 5.11 Å². The summed E-state index contributed by atoms with van der Waals surface area (Å²) in [7, 11) is 0. The molecule has 1 N–H and O–H groups in total. The number of halogens is 2. The Hall–Kier alpha value is -1.96. The van der Waals surface area contributed by atoms with Crippen LogP contribution in [0.2, 0.25) is 10.0 Å². The van der Waals surface area contributed by atoms with Crippen molar-refractivity contribution >= 4 is 23.2 Å². The number of aliphatic hydroxyl groups is 1. The highest BCUT2D eigenvalue weighted by Crippen LogP contribution is 2.26. The summed E-state index contributed by atoms with van der Waals surface area (Å²) in [5.41, 5.74) is -0.377. The Balaban J connectivity index is 1.87. The molecule has 1 aromatic carbocycles. The zero-order chi connectivity index (χ0) is 16.3. The molecule has 0 saturated heterocycles. The molecule has 0 spiro atoms. The predicted molar refractivity (Wildman–Crippen MR) is 85.2 cm³/mol. The number of hydrogen-bond donors (Lipinski definition) is 1. The average molecular weight is 353 g/mol. The monoisotopic (exact) mass is 352 g/mol. The number of hydrogen-bond acceptors (Lipinski definition) is 5. The molecule has 0 saturated carbocycles. The van der Waals surface area contributed by atoms with Gasteiger partial charge in [0.25, 0.3) is 0 Å². The highest BCUT2D eigenvalue weighted by Gasteiger charge is 2.30. The smallest absolute Gasteiger partial charge is 0.137 e. The molecule has 0 unspecified atom stereocenters. The van der Waals surface area contributed by atoms with Crippen molar-refractivity contribution in [2.75, 3.05) is 0 Å². The molecular weight excluding hydrogens is 339 g/mol. The minimum Gasteiger partial charge on any atom is -0.386 e. The summed E-state index contributed by atoms with van der Waals surface area (Å²) >= 11 is 12.2. The second-order valence-corrected chi connectivity index (χ2v) is 6.17. The van der Waals surface area contributed by atoms with Crippen LogP contribution in [0.3, 0.4) is 0 Å². The van der Waals surface area contributed by atoms with Gasteiger partial charge >= 0.3 is 0 Å². The molecule has 0 fully saturated rings. The van der Waals surface area contributed by atoms with E-state index in [4.69, 9.17) is 23.2 Å².